The SMILES string of the molecule is O=C(NCCO)NCCC1CC2CCC1C2. The van der Waals surface area contributed by atoms with Gasteiger partial charge in [0.15, 0.2) is 0 Å². The van der Waals surface area contributed by atoms with E-state index in [1.54, 1.807) is 0 Å². The normalized spacial score (nSPS) is 31.7. The average Bonchev–Trinajstić information content (AvgIpc) is 2.88. The molecule has 2 aliphatic rings. The third-order valence-corrected chi connectivity index (χ3v) is 4.08. The van der Waals surface area contributed by atoms with E-state index < -0.39 is 0 Å². The van der Waals surface area contributed by atoms with E-state index in [4.69, 9.17) is 5.11 Å². The Labute approximate surface area is 96.8 Å². The number of aliphatic hydroxyl groups excluding tert-OH is 1. The lowest BCUT2D eigenvalue weighted by Gasteiger charge is -2.21. The number of rotatable bonds is 5. The third kappa shape index (κ3) is 2.88. The molecule has 0 radical (unpaired) electrons. The van der Waals surface area contributed by atoms with Crippen molar-refractivity contribution in [3.63, 3.8) is 0 Å². The van der Waals surface area contributed by atoms with Gasteiger partial charge in [-0.1, -0.05) is 6.42 Å². The molecular formula is C12H22N2O2. The molecule has 3 unspecified atom stereocenters. The number of aliphatic hydroxyl groups is 1. The summed E-state index contributed by atoms with van der Waals surface area (Å²) in [7, 11) is 0. The molecule has 2 aliphatic carbocycles. The number of carbonyl (C=O) groups is 1. The molecule has 4 nitrogen and oxygen atoms in total. The summed E-state index contributed by atoms with van der Waals surface area (Å²) in [5.41, 5.74) is 0. The first kappa shape index (κ1) is 11.7. The number of nitrogens with one attached hydrogen (secondary N) is 2. The zero-order valence-electron chi connectivity index (χ0n) is 9.74. The number of amides is 2. The summed E-state index contributed by atoms with van der Waals surface area (Å²) in [6.07, 6.45) is 6.78. The van der Waals surface area contributed by atoms with E-state index in [1.807, 2.05) is 0 Å². The minimum absolute atomic E-state index is 0.000199. The Morgan fingerprint density at radius 1 is 1.19 bits per heavy atom. The molecule has 2 saturated carbocycles. The van der Waals surface area contributed by atoms with Crippen molar-refractivity contribution in [2.24, 2.45) is 17.8 Å². The van der Waals surface area contributed by atoms with Gasteiger partial charge in [-0.25, -0.2) is 4.79 Å². The number of carbonyl (C=O) groups excluding carboxylic acids is 1. The summed E-state index contributed by atoms with van der Waals surface area (Å²) in [6.45, 7) is 1.10. The summed E-state index contributed by atoms with van der Waals surface area (Å²) in [4.78, 5) is 11.2. The van der Waals surface area contributed by atoms with Gasteiger partial charge in [-0.2, -0.15) is 0 Å². The van der Waals surface area contributed by atoms with Crippen LogP contribution in [0.5, 0.6) is 0 Å². The maximum absolute atomic E-state index is 11.2. The highest BCUT2D eigenvalue weighted by molar-refractivity contribution is 5.73. The number of fused-ring (bicyclic) bond motifs is 2. The van der Waals surface area contributed by atoms with Gasteiger partial charge >= 0.3 is 6.03 Å². The topological polar surface area (TPSA) is 61.4 Å². The van der Waals surface area contributed by atoms with Crippen LogP contribution in [0.2, 0.25) is 0 Å². The molecule has 2 bridgehead atoms. The van der Waals surface area contributed by atoms with Crippen molar-refractivity contribution in [2.45, 2.75) is 32.1 Å². The lowest BCUT2D eigenvalue weighted by Crippen LogP contribution is -2.38. The number of hydrogen-bond donors (Lipinski definition) is 3. The van der Waals surface area contributed by atoms with Crippen LogP contribution in [0.3, 0.4) is 0 Å². The summed E-state index contributed by atoms with van der Waals surface area (Å²) in [5, 5.41) is 14.0. The maximum atomic E-state index is 11.2. The van der Waals surface area contributed by atoms with Crippen LogP contribution >= 0.6 is 0 Å². The van der Waals surface area contributed by atoms with E-state index in [-0.39, 0.29) is 12.6 Å². The van der Waals surface area contributed by atoms with Crippen molar-refractivity contribution in [3.8, 4) is 0 Å². The van der Waals surface area contributed by atoms with Crippen molar-refractivity contribution < 1.29 is 9.90 Å². The zero-order valence-corrected chi connectivity index (χ0v) is 9.74. The molecular weight excluding hydrogens is 204 g/mol. The van der Waals surface area contributed by atoms with Crippen LogP contribution in [0.15, 0.2) is 0 Å². The Balaban J connectivity index is 1.56. The van der Waals surface area contributed by atoms with Crippen molar-refractivity contribution in [1.29, 1.82) is 0 Å². The minimum atomic E-state index is -0.155. The molecule has 3 N–H and O–H groups in total. The molecule has 4 heteroatoms. The van der Waals surface area contributed by atoms with E-state index in [1.165, 1.54) is 25.7 Å². The molecule has 3 atom stereocenters. The standard InChI is InChI=1S/C12H22N2O2/c15-6-5-14-12(16)13-4-3-11-8-9-1-2-10(11)7-9/h9-11,15H,1-8H2,(H2,13,14,16). The van der Waals surface area contributed by atoms with E-state index >= 15 is 0 Å². The quantitative estimate of drug-likeness (QED) is 0.657. The first-order valence-corrected chi connectivity index (χ1v) is 6.42. The predicted octanol–water partition coefficient (Wildman–Crippen LogP) is 1.10. The van der Waals surface area contributed by atoms with E-state index in [2.05, 4.69) is 10.6 Å². The highest BCUT2D eigenvalue weighted by Gasteiger charge is 2.38. The Morgan fingerprint density at radius 2 is 2.00 bits per heavy atom. The molecule has 0 aromatic carbocycles. The molecule has 0 spiro atoms. The lowest BCUT2D eigenvalue weighted by atomic mass is 9.86. The fourth-order valence-electron chi connectivity index (χ4n) is 3.33. The van der Waals surface area contributed by atoms with Gasteiger partial charge in [0.2, 0.25) is 0 Å². The Morgan fingerprint density at radius 3 is 2.62 bits per heavy atom. The second-order valence-corrected chi connectivity index (χ2v) is 5.13. The average molecular weight is 226 g/mol. The molecule has 2 amide bonds. The van der Waals surface area contributed by atoms with Crippen molar-refractivity contribution in [1.82, 2.24) is 10.6 Å². The smallest absolute Gasteiger partial charge is 0.314 e. The van der Waals surface area contributed by atoms with Crippen LogP contribution in [0, 0.1) is 17.8 Å². The van der Waals surface area contributed by atoms with Crippen molar-refractivity contribution in [3.05, 3.63) is 0 Å². The van der Waals surface area contributed by atoms with Gasteiger partial charge in [0.1, 0.15) is 0 Å². The van der Waals surface area contributed by atoms with Crippen LogP contribution in [0.4, 0.5) is 4.79 Å². The number of hydrogen-bond acceptors (Lipinski definition) is 2. The van der Waals surface area contributed by atoms with Crippen LogP contribution in [0.25, 0.3) is 0 Å². The maximum Gasteiger partial charge on any atom is 0.314 e. The van der Waals surface area contributed by atoms with Crippen LogP contribution in [-0.4, -0.2) is 30.8 Å². The van der Waals surface area contributed by atoms with Crippen LogP contribution < -0.4 is 10.6 Å². The predicted molar refractivity (Wildman–Crippen MR) is 62.0 cm³/mol. The Kier molecular flexibility index (Phi) is 4.04. The second kappa shape index (κ2) is 5.53. The lowest BCUT2D eigenvalue weighted by molar-refractivity contribution is 0.232. The van der Waals surface area contributed by atoms with E-state index in [0.29, 0.717) is 6.54 Å². The minimum Gasteiger partial charge on any atom is -0.395 e. The fourth-order valence-corrected chi connectivity index (χ4v) is 3.33. The zero-order chi connectivity index (χ0) is 11.4. The monoisotopic (exact) mass is 226 g/mol. The molecule has 2 fully saturated rings. The first-order valence-electron chi connectivity index (χ1n) is 6.42. The van der Waals surface area contributed by atoms with Gasteiger partial charge in [0.05, 0.1) is 6.61 Å². The van der Waals surface area contributed by atoms with Crippen LogP contribution in [0.1, 0.15) is 32.1 Å². The summed E-state index contributed by atoms with van der Waals surface area (Å²) < 4.78 is 0. The third-order valence-electron chi connectivity index (χ3n) is 4.08. The van der Waals surface area contributed by atoms with Gasteiger partial charge in [0, 0.05) is 13.1 Å². The molecule has 16 heavy (non-hydrogen) atoms. The summed E-state index contributed by atoms with van der Waals surface area (Å²) in [5.74, 6) is 2.77. The second-order valence-electron chi connectivity index (χ2n) is 5.13. The molecule has 0 heterocycles. The highest BCUT2D eigenvalue weighted by atomic mass is 16.3. The Bertz CT molecular complexity index is 245. The summed E-state index contributed by atoms with van der Waals surface area (Å²) >= 11 is 0. The van der Waals surface area contributed by atoms with Crippen molar-refractivity contribution >= 4 is 6.03 Å². The highest BCUT2D eigenvalue weighted by Crippen LogP contribution is 2.49. The number of urea groups is 1. The van der Waals surface area contributed by atoms with Gasteiger partial charge in [-0.05, 0) is 43.4 Å². The summed E-state index contributed by atoms with van der Waals surface area (Å²) in [6, 6.07) is -0.155. The van der Waals surface area contributed by atoms with Gasteiger partial charge in [0.25, 0.3) is 0 Å². The van der Waals surface area contributed by atoms with E-state index in [9.17, 15) is 4.79 Å². The molecule has 2 rings (SSSR count). The van der Waals surface area contributed by atoms with Gasteiger partial charge in [-0.3, -0.25) is 0 Å². The molecule has 92 valence electrons. The van der Waals surface area contributed by atoms with E-state index in [0.717, 1.165) is 30.7 Å². The van der Waals surface area contributed by atoms with Gasteiger partial charge in [-0.15, -0.1) is 0 Å². The van der Waals surface area contributed by atoms with Crippen LogP contribution in [-0.2, 0) is 0 Å². The van der Waals surface area contributed by atoms with Gasteiger partial charge < -0.3 is 15.7 Å². The largest absolute Gasteiger partial charge is 0.395 e. The molecule has 0 aliphatic heterocycles. The molecule has 0 aromatic rings. The molecule has 0 saturated heterocycles. The fraction of sp³-hybridized carbons (Fsp3) is 0.917. The molecule has 0 aromatic heterocycles. The first-order chi connectivity index (χ1) is 7.79. The Hall–Kier alpha value is -0.770. The van der Waals surface area contributed by atoms with Crippen molar-refractivity contribution in [2.75, 3.05) is 19.7 Å².